The minimum atomic E-state index is -5.08. The minimum absolute atomic E-state index is 0.514. The number of nitriles is 1. The molecule has 0 fully saturated rings. The predicted octanol–water partition coefficient (Wildman–Crippen LogP) is 1.26. The van der Waals surface area contributed by atoms with Crippen LogP contribution in [0.25, 0.3) is 0 Å². The van der Waals surface area contributed by atoms with Gasteiger partial charge >= 0.3 is 12.1 Å². The van der Waals surface area contributed by atoms with Crippen LogP contribution < -0.4 is 0 Å². The molecular formula is C9H5F3N4O2. The number of aliphatic imine (C=N–C) groups is 1. The summed E-state index contributed by atoms with van der Waals surface area (Å²) in [6.45, 7) is 0. The number of nitrogens with zero attached hydrogens (tertiary/aromatic N) is 4. The van der Waals surface area contributed by atoms with Gasteiger partial charge in [-0.1, -0.05) is 0 Å². The van der Waals surface area contributed by atoms with Crippen LogP contribution in [-0.4, -0.2) is 32.9 Å². The molecule has 0 radical (unpaired) electrons. The van der Waals surface area contributed by atoms with E-state index in [-0.39, 0.29) is 0 Å². The Kier molecular flexibility index (Phi) is 3.93. The number of carboxylic acid groups (broad SMARTS) is 1. The van der Waals surface area contributed by atoms with Crippen molar-refractivity contribution in [3.8, 4) is 6.07 Å². The Balaban J connectivity index is 0.000000203. The molecule has 0 aromatic carbocycles. The molecule has 18 heavy (non-hydrogen) atoms. The van der Waals surface area contributed by atoms with Gasteiger partial charge in [0, 0.05) is 18.2 Å². The normalized spacial score (nSPS) is 12.7. The van der Waals surface area contributed by atoms with Crippen molar-refractivity contribution in [3.63, 3.8) is 0 Å². The van der Waals surface area contributed by atoms with Crippen molar-refractivity contribution in [3.05, 3.63) is 18.1 Å². The van der Waals surface area contributed by atoms with Crippen LogP contribution in [0, 0.1) is 11.3 Å². The van der Waals surface area contributed by atoms with Gasteiger partial charge < -0.3 is 5.11 Å². The van der Waals surface area contributed by atoms with Crippen molar-refractivity contribution in [2.45, 2.75) is 12.6 Å². The van der Waals surface area contributed by atoms with Gasteiger partial charge in [0.05, 0.1) is 0 Å². The van der Waals surface area contributed by atoms with E-state index < -0.39 is 12.1 Å². The second-order valence-corrected chi connectivity index (χ2v) is 3.02. The fourth-order valence-electron chi connectivity index (χ4n) is 0.990. The summed E-state index contributed by atoms with van der Waals surface area (Å²) in [5, 5.41) is 15.6. The van der Waals surface area contributed by atoms with E-state index in [2.05, 4.69) is 15.0 Å². The third kappa shape index (κ3) is 3.51. The van der Waals surface area contributed by atoms with Crippen LogP contribution >= 0.6 is 0 Å². The number of carboxylic acids is 1. The van der Waals surface area contributed by atoms with Gasteiger partial charge in [-0.05, 0) is 0 Å². The molecule has 2 rings (SSSR count). The number of alkyl halides is 3. The van der Waals surface area contributed by atoms with Gasteiger partial charge in [0.25, 0.3) is 0 Å². The van der Waals surface area contributed by atoms with Gasteiger partial charge in [0.1, 0.15) is 18.1 Å². The third-order valence-corrected chi connectivity index (χ3v) is 1.73. The second-order valence-electron chi connectivity index (χ2n) is 3.02. The molecule has 0 amide bonds. The van der Waals surface area contributed by atoms with E-state index in [1.165, 1.54) is 6.33 Å². The molecule has 9 heteroatoms. The highest BCUT2D eigenvalue weighted by Crippen LogP contribution is 2.21. The molecule has 0 spiro atoms. The number of aliphatic carboxylic acids is 1. The lowest BCUT2D eigenvalue weighted by Crippen LogP contribution is -2.21. The van der Waals surface area contributed by atoms with Gasteiger partial charge in [-0.3, -0.25) is 0 Å². The van der Waals surface area contributed by atoms with Gasteiger partial charge in [0.15, 0.2) is 5.82 Å². The number of hydrogen-bond acceptors (Lipinski definition) is 5. The largest absolute Gasteiger partial charge is 0.490 e. The molecule has 1 N–H and O–H groups in total. The first kappa shape index (κ1) is 13.6. The van der Waals surface area contributed by atoms with Crippen molar-refractivity contribution in [2.24, 2.45) is 4.99 Å². The van der Waals surface area contributed by atoms with Gasteiger partial charge in [-0.15, -0.1) is 0 Å². The number of halogens is 3. The zero-order valence-corrected chi connectivity index (χ0v) is 8.64. The molecular weight excluding hydrogens is 253 g/mol. The Labute approximate surface area is 98.4 Å². The second kappa shape index (κ2) is 5.22. The van der Waals surface area contributed by atoms with Crippen LogP contribution in [0.3, 0.4) is 0 Å². The Hall–Kier alpha value is -2.50. The van der Waals surface area contributed by atoms with E-state index in [1.54, 1.807) is 6.20 Å². The van der Waals surface area contributed by atoms with E-state index in [0.717, 1.165) is 5.56 Å². The van der Waals surface area contributed by atoms with E-state index in [9.17, 15) is 13.2 Å². The van der Waals surface area contributed by atoms with Crippen molar-refractivity contribution in [1.29, 1.82) is 5.26 Å². The Bertz CT molecular complexity index is 533. The fourth-order valence-corrected chi connectivity index (χ4v) is 0.990. The zero-order chi connectivity index (χ0) is 13.8. The molecule has 6 nitrogen and oxygen atoms in total. The van der Waals surface area contributed by atoms with Gasteiger partial charge in [0.2, 0.25) is 0 Å². The topological polar surface area (TPSA) is 99.2 Å². The monoisotopic (exact) mass is 258 g/mol. The van der Waals surface area contributed by atoms with Gasteiger partial charge in [-0.25, -0.2) is 19.8 Å². The summed E-state index contributed by atoms with van der Waals surface area (Å²) >= 11 is 0. The maximum absolute atomic E-state index is 10.6. The molecule has 1 aromatic heterocycles. The molecule has 0 saturated carbocycles. The molecule has 1 aliphatic rings. The standard InChI is InChI=1S/C7H4N4.C2HF3O2/c8-2-6-1-5-3-9-4-10-7(5)11-6;3-2(4,5)1(6)7/h3-4H,1H2;(H,6,7). The maximum atomic E-state index is 10.6. The predicted molar refractivity (Wildman–Crippen MR) is 52.1 cm³/mol. The number of hydrogen-bond donors (Lipinski definition) is 1. The van der Waals surface area contributed by atoms with Crippen LogP contribution in [0.2, 0.25) is 0 Å². The van der Waals surface area contributed by atoms with Crippen LogP contribution in [0.5, 0.6) is 0 Å². The first-order chi connectivity index (χ1) is 8.34. The Morgan fingerprint density at radius 2 is 2.11 bits per heavy atom. The molecule has 0 atom stereocenters. The first-order valence-electron chi connectivity index (χ1n) is 4.41. The van der Waals surface area contributed by atoms with Crippen LogP contribution in [-0.2, 0) is 11.2 Å². The van der Waals surface area contributed by atoms with E-state index in [0.29, 0.717) is 18.0 Å². The van der Waals surface area contributed by atoms with Crippen molar-refractivity contribution in [1.82, 2.24) is 9.97 Å². The fraction of sp³-hybridized carbons (Fsp3) is 0.222. The molecule has 0 aliphatic carbocycles. The van der Waals surface area contributed by atoms with Crippen molar-refractivity contribution >= 4 is 17.5 Å². The summed E-state index contributed by atoms with van der Waals surface area (Å²) in [4.78, 5) is 20.6. The lowest BCUT2D eigenvalue weighted by atomic mass is 10.2. The summed E-state index contributed by atoms with van der Waals surface area (Å²) in [5.74, 6) is -2.12. The van der Waals surface area contributed by atoms with Crippen LogP contribution in [0.4, 0.5) is 19.0 Å². The lowest BCUT2D eigenvalue weighted by molar-refractivity contribution is -0.192. The van der Waals surface area contributed by atoms with Gasteiger partial charge in [-0.2, -0.15) is 18.4 Å². The molecule has 0 bridgehead atoms. The smallest absolute Gasteiger partial charge is 0.475 e. The SMILES string of the molecule is N#CC1=Nc2ncncc2C1.O=C(O)C(F)(F)F. The number of aromatic nitrogens is 2. The Morgan fingerprint density at radius 1 is 1.50 bits per heavy atom. The average Bonchev–Trinajstić information content (AvgIpc) is 2.71. The highest BCUT2D eigenvalue weighted by atomic mass is 19.4. The third-order valence-electron chi connectivity index (χ3n) is 1.73. The summed E-state index contributed by atoms with van der Waals surface area (Å²) in [5.41, 5.74) is 1.45. The maximum Gasteiger partial charge on any atom is 0.490 e. The zero-order valence-electron chi connectivity index (χ0n) is 8.64. The Morgan fingerprint density at radius 3 is 2.56 bits per heavy atom. The van der Waals surface area contributed by atoms with Crippen molar-refractivity contribution < 1.29 is 23.1 Å². The summed E-state index contributed by atoms with van der Waals surface area (Å²) in [6.07, 6.45) is -1.38. The molecule has 0 saturated heterocycles. The quantitative estimate of drug-likeness (QED) is 0.755. The molecule has 94 valence electrons. The average molecular weight is 258 g/mol. The number of fused-ring (bicyclic) bond motifs is 1. The molecule has 0 unspecified atom stereocenters. The van der Waals surface area contributed by atoms with Crippen molar-refractivity contribution in [2.75, 3.05) is 0 Å². The highest BCUT2D eigenvalue weighted by molar-refractivity contribution is 6.04. The van der Waals surface area contributed by atoms with Crippen LogP contribution in [0.1, 0.15) is 5.56 Å². The molecule has 2 heterocycles. The summed E-state index contributed by atoms with van der Waals surface area (Å²) < 4.78 is 31.7. The summed E-state index contributed by atoms with van der Waals surface area (Å²) in [6, 6.07) is 1.99. The molecule has 1 aromatic rings. The van der Waals surface area contributed by atoms with E-state index in [1.807, 2.05) is 6.07 Å². The highest BCUT2D eigenvalue weighted by Gasteiger charge is 2.38. The lowest BCUT2D eigenvalue weighted by Gasteiger charge is -1.93. The first-order valence-corrected chi connectivity index (χ1v) is 4.41. The number of rotatable bonds is 0. The van der Waals surface area contributed by atoms with E-state index >= 15 is 0 Å². The minimum Gasteiger partial charge on any atom is -0.475 e. The summed E-state index contributed by atoms with van der Waals surface area (Å²) in [7, 11) is 0. The number of carbonyl (C=O) groups is 1. The van der Waals surface area contributed by atoms with Crippen LogP contribution in [0.15, 0.2) is 17.5 Å². The molecule has 1 aliphatic heterocycles. The van der Waals surface area contributed by atoms with E-state index in [4.69, 9.17) is 15.2 Å².